The van der Waals surface area contributed by atoms with Crippen molar-refractivity contribution in [1.29, 1.82) is 0 Å². The Labute approximate surface area is 289 Å². The van der Waals surface area contributed by atoms with Crippen LogP contribution < -0.4 is 0 Å². The van der Waals surface area contributed by atoms with E-state index in [9.17, 15) is 0 Å². The van der Waals surface area contributed by atoms with Gasteiger partial charge in [0, 0.05) is 47.7 Å². The number of unbranched alkanes of at least 4 members (excludes halogenated alkanes) is 4. The molecule has 0 saturated carbocycles. The molecule has 0 saturated heterocycles. The highest BCUT2D eigenvalue weighted by atomic mass is 32.2. The van der Waals surface area contributed by atoms with Crippen molar-refractivity contribution >= 4 is 74.5 Å². The number of thiol groups is 1. The third-order valence-corrected chi connectivity index (χ3v) is 12.5. The molecule has 1 aromatic heterocycles. The second-order valence-corrected chi connectivity index (χ2v) is 18.6. The SMILES string of the molecule is CN(C)C(=S)SCCCCCC(CCCCCSC(S)N(C)C)n1c2cc(C(C)(C)C)ccc2c2ccc(C(C)(C)C)cc21. The van der Waals surface area contributed by atoms with Gasteiger partial charge in [-0.25, -0.2) is 0 Å². The van der Waals surface area contributed by atoms with E-state index in [1.807, 2.05) is 42.5 Å². The molecule has 0 aliphatic rings. The number of thioether (sulfide) groups is 2. The smallest absolute Gasteiger partial charge is 0.135 e. The summed E-state index contributed by atoms with van der Waals surface area (Å²) in [5.74, 6) is 2.28. The first-order valence-electron chi connectivity index (χ1n) is 16.5. The fourth-order valence-electron chi connectivity index (χ4n) is 5.72. The second-order valence-electron chi connectivity index (χ2n) is 14.9. The zero-order valence-corrected chi connectivity index (χ0v) is 32.5. The highest BCUT2D eigenvalue weighted by molar-refractivity contribution is 8.22. The van der Waals surface area contributed by atoms with Gasteiger partial charge in [-0.1, -0.05) is 115 Å². The Morgan fingerprint density at radius 2 is 1.23 bits per heavy atom. The van der Waals surface area contributed by atoms with Gasteiger partial charge in [-0.2, -0.15) is 0 Å². The summed E-state index contributed by atoms with van der Waals surface area (Å²) in [6.45, 7) is 14.0. The van der Waals surface area contributed by atoms with Crippen LogP contribution in [-0.4, -0.2) is 63.1 Å². The topological polar surface area (TPSA) is 11.4 Å². The molecule has 246 valence electrons. The molecule has 0 spiro atoms. The Bertz CT molecular complexity index is 1280. The molecule has 0 amide bonds. The van der Waals surface area contributed by atoms with Crippen molar-refractivity contribution in [2.24, 2.45) is 0 Å². The minimum absolute atomic E-state index is 0.113. The average molecular weight is 674 g/mol. The van der Waals surface area contributed by atoms with Crippen LogP contribution in [0, 0.1) is 0 Å². The van der Waals surface area contributed by atoms with Crippen molar-refractivity contribution in [3.63, 3.8) is 0 Å². The molecule has 2 unspecified atom stereocenters. The maximum absolute atomic E-state index is 5.50. The fourth-order valence-corrected chi connectivity index (χ4v) is 7.95. The average Bonchev–Trinajstić information content (AvgIpc) is 3.27. The molecule has 0 radical (unpaired) electrons. The third-order valence-electron chi connectivity index (χ3n) is 8.56. The molecular formula is C37H59N3S4. The number of hydrogen-bond donors (Lipinski definition) is 1. The summed E-state index contributed by atoms with van der Waals surface area (Å²) in [7, 11) is 8.29. The van der Waals surface area contributed by atoms with Gasteiger partial charge < -0.3 is 9.47 Å². The number of thiocarbonyl (C=S) groups is 1. The first-order valence-corrected chi connectivity index (χ1v) is 19.5. The van der Waals surface area contributed by atoms with Crippen molar-refractivity contribution < 1.29 is 0 Å². The summed E-state index contributed by atoms with van der Waals surface area (Å²) < 4.78 is 4.03. The summed E-state index contributed by atoms with van der Waals surface area (Å²) >= 11 is 14.0. The number of aromatic nitrogens is 1. The van der Waals surface area contributed by atoms with Gasteiger partial charge in [-0.15, -0.1) is 24.4 Å². The van der Waals surface area contributed by atoms with Crippen LogP contribution in [0.4, 0.5) is 0 Å². The molecule has 44 heavy (non-hydrogen) atoms. The normalized spacial score (nSPS) is 14.1. The van der Waals surface area contributed by atoms with Crippen LogP contribution in [0.15, 0.2) is 36.4 Å². The highest BCUT2D eigenvalue weighted by Gasteiger charge is 2.23. The predicted molar refractivity (Wildman–Crippen MR) is 210 cm³/mol. The van der Waals surface area contributed by atoms with Crippen LogP contribution in [0.1, 0.15) is 110 Å². The predicted octanol–water partition coefficient (Wildman–Crippen LogP) is 11.1. The maximum Gasteiger partial charge on any atom is 0.135 e. The van der Waals surface area contributed by atoms with E-state index in [1.165, 1.54) is 90.1 Å². The van der Waals surface area contributed by atoms with Crippen molar-refractivity contribution in [3.8, 4) is 0 Å². The van der Waals surface area contributed by atoms with Crippen molar-refractivity contribution in [2.75, 3.05) is 39.7 Å². The highest BCUT2D eigenvalue weighted by Crippen LogP contribution is 2.39. The Morgan fingerprint density at radius 3 is 1.66 bits per heavy atom. The monoisotopic (exact) mass is 673 g/mol. The third kappa shape index (κ3) is 10.6. The molecule has 2 atom stereocenters. The van der Waals surface area contributed by atoms with Gasteiger partial charge in [0.1, 0.15) is 4.32 Å². The Kier molecular flexibility index (Phi) is 14.4. The number of rotatable bonds is 15. The zero-order chi connectivity index (χ0) is 32.7. The molecule has 0 N–H and O–H groups in total. The lowest BCUT2D eigenvalue weighted by Gasteiger charge is -2.25. The van der Waals surface area contributed by atoms with E-state index >= 15 is 0 Å². The largest absolute Gasteiger partial charge is 0.364 e. The van der Waals surface area contributed by atoms with E-state index in [1.54, 1.807) is 0 Å². The van der Waals surface area contributed by atoms with Gasteiger partial charge in [0.15, 0.2) is 0 Å². The quantitative estimate of drug-likeness (QED) is 0.0743. The van der Waals surface area contributed by atoms with E-state index in [-0.39, 0.29) is 15.5 Å². The van der Waals surface area contributed by atoms with E-state index < -0.39 is 0 Å². The summed E-state index contributed by atoms with van der Waals surface area (Å²) in [5.41, 5.74) is 5.88. The van der Waals surface area contributed by atoms with Crippen LogP contribution in [0.5, 0.6) is 0 Å². The number of fused-ring (bicyclic) bond motifs is 3. The lowest BCUT2D eigenvalue weighted by atomic mass is 9.86. The minimum atomic E-state index is 0.113. The van der Waals surface area contributed by atoms with Gasteiger partial charge in [-0.05, 0) is 79.6 Å². The summed E-state index contributed by atoms with van der Waals surface area (Å²) in [5, 5.41) is 2.79. The maximum atomic E-state index is 5.50. The molecule has 0 bridgehead atoms. The zero-order valence-electron chi connectivity index (χ0n) is 29.2. The Hall–Kier alpha value is -0.860. The molecular weight excluding hydrogens is 615 g/mol. The summed E-state index contributed by atoms with van der Waals surface area (Å²) in [6, 6.07) is 15.0. The summed E-state index contributed by atoms with van der Waals surface area (Å²) in [6.07, 6.45) is 9.94. The fraction of sp³-hybridized carbons (Fsp3) is 0.649. The van der Waals surface area contributed by atoms with Crippen molar-refractivity contribution in [1.82, 2.24) is 14.4 Å². The molecule has 7 heteroatoms. The number of benzene rings is 2. The molecule has 0 aliphatic heterocycles. The van der Waals surface area contributed by atoms with E-state index in [2.05, 4.69) is 102 Å². The Morgan fingerprint density at radius 1 is 0.750 bits per heavy atom. The lowest BCUT2D eigenvalue weighted by molar-refractivity contribution is 0.418. The first-order chi connectivity index (χ1) is 20.6. The molecule has 3 nitrogen and oxygen atoms in total. The Balaban J connectivity index is 1.92. The molecule has 2 aromatic carbocycles. The van der Waals surface area contributed by atoms with Crippen LogP contribution in [0.2, 0.25) is 0 Å². The summed E-state index contributed by atoms with van der Waals surface area (Å²) in [4.78, 5) is 4.22. The van der Waals surface area contributed by atoms with Gasteiger partial charge in [0.25, 0.3) is 0 Å². The van der Waals surface area contributed by atoms with Gasteiger partial charge in [0.05, 0.1) is 4.71 Å². The number of hydrogen-bond acceptors (Lipinski definition) is 5. The van der Waals surface area contributed by atoms with E-state index in [0.717, 1.165) is 10.1 Å². The van der Waals surface area contributed by atoms with Gasteiger partial charge >= 0.3 is 0 Å². The lowest BCUT2D eigenvalue weighted by Crippen LogP contribution is -2.19. The van der Waals surface area contributed by atoms with Crippen molar-refractivity contribution in [2.45, 2.75) is 114 Å². The standard InChI is InChI=1S/C37H59N3S4/c1-36(2,3)27-19-21-30-31-22-20-28(37(4,5)6)26-33(31)40(32(30)25-27)29(17-13-11-15-23-43-34(41)38(7)8)18-14-12-16-24-44-35(42)39(9)10/h19-22,25-26,29,34,41H,11-18,23-24H2,1-10H3. The van der Waals surface area contributed by atoms with Crippen LogP contribution in [-0.2, 0) is 10.8 Å². The molecule has 3 rings (SSSR count). The van der Waals surface area contributed by atoms with Crippen molar-refractivity contribution in [3.05, 3.63) is 47.5 Å². The van der Waals surface area contributed by atoms with Gasteiger partial charge in [-0.3, -0.25) is 4.90 Å². The second kappa shape index (κ2) is 16.8. The minimum Gasteiger partial charge on any atom is -0.364 e. The molecule has 3 aromatic rings. The molecule has 1 heterocycles. The van der Waals surface area contributed by atoms with E-state index in [0.29, 0.717) is 6.04 Å². The van der Waals surface area contributed by atoms with E-state index in [4.69, 9.17) is 24.8 Å². The van der Waals surface area contributed by atoms with Crippen LogP contribution in [0.3, 0.4) is 0 Å². The first kappa shape index (κ1) is 37.6. The van der Waals surface area contributed by atoms with Crippen LogP contribution >= 0.6 is 48.4 Å². The number of nitrogens with zero attached hydrogens (tertiary/aromatic N) is 3. The van der Waals surface area contributed by atoms with Gasteiger partial charge in [0.2, 0.25) is 0 Å². The molecule has 0 fully saturated rings. The molecule has 0 aliphatic carbocycles. The van der Waals surface area contributed by atoms with Crippen LogP contribution in [0.25, 0.3) is 21.8 Å².